The van der Waals surface area contributed by atoms with Crippen LogP contribution in [-0.2, 0) is 0 Å². The fourth-order valence-corrected chi connectivity index (χ4v) is 7.17. The largest absolute Gasteiger partial charge is 0.264 e. The summed E-state index contributed by atoms with van der Waals surface area (Å²) < 4.78 is 0. The van der Waals surface area contributed by atoms with Gasteiger partial charge in [0.25, 0.3) is 0 Å². The van der Waals surface area contributed by atoms with Crippen LogP contribution >= 0.6 is 0 Å². The van der Waals surface area contributed by atoms with Crippen LogP contribution in [0.1, 0.15) is 12.6 Å². The predicted octanol–water partition coefficient (Wildman–Crippen LogP) is 13.5. The van der Waals surface area contributed by atoms with Crippen molar-refractivity contribution in [1.82, 2.24) is 29.9 Å². The van der Waals surface area contributed by atoms with Gasteiger partial charge in [0.15, 0.2) is 5.82 Å². The molecular weight excluding hydrogens is 745 g/mol. The van der Waals surface area contributed by atoms with E-state index in [1.807, 2.05) is 98.5 Å². The van der Waals surface area contributed by atoms with E-state index in [-0.39, 0.29) is 0 Å². The van der Waals surface area contributed by atoms with E-state index in [1.54, 1.807) is 12.4 Å². The van der Waals surface area contributed by atoms with Crippen molar-refractivity contribution in [3.05, 3.63) is 225 Å². The van der Waals surface area contributed by atoms with E-state index in [1.165, 1.54) is 0 Å². The van der Waals surface area contributed by atoms with Crippen LogP contribution in [0, 0.1) is 0 Å². The Morgan fingerprint density at radius 3 is 1.26 bits per heavy atom. The summed E-state index contributed by atoms with van der Waals surface area (Å²) in [5, 5.41) is 0. The molecule has 0 saturated carbocycles. The first kappa shape index (κ1) is 38.3. The molecule has 0 saturated heterocycles. The van der Waals surface area contributed by atoms with Crippen LogP contribution < -0.4 is 0 Å². The molecule has 5 heterocycles. The molecule has 0 radical (unpaired) electrons. The summed E-state index contributed by atoms with van der Waals surface area (Å²) >= 11 is 0. The highest BCUT2D eigenvalue weighted by molar-refractivity contribution is 5.79. The summed E-state index contributed by atoms with van der Waals surface area (Å²) in [5.74, 6) is 0.647. The third-order valence-electron chi connectivity index (χ3n) is 10.3. The predicted molar refractivity (Wildman–Crippen MR) is 250 cm³/mol. The van der Waals surface area contributed by atoms with Crippen molar-refractivity contribution < 1.29 is 0 Å². The van der Waals surface area contributed by atoms with Gasteiger partial charge in [-0.05, 0) is 89.9 Å². The zero-order chi connectivity index (χ0) is 41.2. The summed E-state index contributed by atoms with van der Waals surface area (Å²) in [6.45, 7) is 2.00. The molecule has 0 amide bonds. The second kappa shape index (κ2) is 18.1. The number of aromatic nitrogens is 6. The Morgan fingerprint density at radius 2 is 0.787 bits per heavy atom. The molecule has 290 valence electrons. The second-order valence-corrected chi connectivity index (χ2v) is 14.4. The number of rotatable bonds is 11. The molecule has 0 N–H and O–H groups in total. The standard InChI is InChI=1S/C55H40N6/c1-2-3-4-5-6-23-51-34-54(45-19-9-15-41(32-45)39-13-7-17-43(30-39)52-26-24-49(37-58-52)47-21-11-28-56-35-47)61-55(60-51)46-20-10-16-42(33-46)40-14-8-18-44(31-40)53-27-25-50(38-59-53)48-22-12-29-57-36-48/h2-38H,1H3/b3-2-,5-4-,23-6+. The van der Waals surface area contributed by atoms with Crippen molar-refractivity contribution >= 4 is 6.08 Å². The van der Waals surface area contributed by atoms with E-state index in [4.69, 9.17) is 19.9 Å². The van der Waals surface area contributed by atoms with Gasteiger partial charge in [0.05, 0.1) is 22.8 Å². The fourth-order valence-electron chi connectivity index (χ4n) is 7.17. The molecule has 0 unspecified atom stereocenters. The van der Waals surface area contributed by atoms with Gasteiger partial charge in [0.2, 0.25) is 0 Å². The third kappa shape index (κ3) is 9.09. The Balaban J connectivity index is 1.03. The smallest absolute Gasteiger partial charge is 0.160 e. The lowest BCUT2D eigenvalue weighted by Gasteiger charge is -2.11. The number of pyridine rings is 4. The summed E-state index contributed by atoms with van der Waals surface area (Å²) in [5.41, 5.74) is 15.9. The number of hydrogen-bond donors (Lipinski definition) is 0. The van der Waals surface area contributed by atoms with Crippen LogP contribution in [0.4, 0.5) is 0 Å². The van der Waals surface area contributed by atoms with Crippen molar-refractivity contribution in [3.63, 3.8) is 0 Å². The molecule has 5 aromatic heterocycles. The lowest BCUT2D eigenvalue weighted by molar-refractivity contribution is 1.16. The molecule has 0 aliphatic rings. The van der Waals surface area contributed by atoms with E-state index in [0.717, 1.165) is 89.5 Å². The van der Waals surface area contributed by atoms with Gasteiger partial charge in [-0.1, -0.05) is 127 Å². The number of nitrogens with zero attached hydrogens (tertiary/aromatic N) is 6. The first-order valence-corrected chi connectivity index (χ1v) is 20.2. The molecule has 0 atom stereocenters. The number of benzene rings is 4. The topological polar surface area (TPSA) is 77.3 Å². The Morgan fingerprint density at radius 1 is 0.344 bits per heavy atom. The van der Waals surface area contributed by atoms with Gasteiger partial charge in [-0.15, -0.1) is 0 Å². The van der Waals surface area contributed by atoms with Gasteiger partial charge < -0.3 is 0 Å². The van der Waals surface area contributed by atoms with Crippen LogP contribution in [0.3, 0.4) is 0 Å². The molecule has 0 fully saturated rings. The molecule has 6 nitrogen and oxygen atoms in total. The van der Waals surface area contributed by atoms with Crippen molar-refractivity contribution in [2.75, 3.05) is 0 Å². The van der Waals surface area contributed by atoms with Crippen LogP contribution in [0.5, 0.6) is 0 Å². The van der Waals surface area contributed by atoms with Gasteiger partial charge in [0, 0.05) is 81.7 Å². The minimum atomic E-state index is 0.647. The van der Waals surface area contributed by atoms with Crippen LogP contribution in [0.25, 0.3) is 95.7 Å². The van der Waals surface area contributed by atoms with Crippen LogP contribution in [-0.4, -0.2) is 29.9 Å². The Bertz CT molecular complexity index is 2820. The highest BCUT2D eigenvalue weighted by Gasteiger charge is 2.12. The molecule has 0 bridgehead atoms. The highest BCUT2D eigenvalue weighted by Crippen LogP contribution is 2.33. The second-order valence-electron chi connectivity index (χ2n) is 14.4. The fraction of sp³-hybridized carbons (Fsp3) is 0.0182. The lowest BCUT2D eigenvalue weighted by atomic mass is 9.98. The van der Waals surface area contributed by atoms with Gasteiger partial charge >= 0.3 is 0 Å². The summed E-state index contributed by atoms with van der Waals surface area (Å²) in [4.78, 5) is 28.4. The Labute approximate surface area is 356 Å². The van der Waals surface area contributed by atoms with E-state index in [9.17, 15) is 0 Å². The monoisotopic (exact) mass is 784 g/mol. The average Bonchev–Trinajstić information content (AvgIpc) is 3.34. The molecule has 4 aromatic carbocycles. The Hall–Kier alpha value is -8.22. The molecule has 6 heteroatoms. The molecule has 9 aromatic rings. The maximum atomic E-state index is 5.19. The molecular formula is C55H40N6. The van der Waals surface area contributed by atoms with E-state index >= 15 is 0 Å². The maximum Gasteiger partial charge on any atom is 0.160 e. The average molecular weight is 785 g/mol. The first-order chi connectivity index (χ1) is 30.2. The van der Waals surface area contributed by atoms with Crippen molar-refractivity contribution in [3.8, 4) is 89.7 Å². The van der Waals surface area contributed by atoms with Crippen LogP contribution in [0.15, 0.2) is 219 Å². The molecule has 0 spiro atoms. The number of allylic oxidation sites excluding steroid dienone is 5. The SMILES string of the molecule is C\C=C/C=C\C=C\c1cc(-c2cccc(-c3cccc(-c4ccc(-c5cccnc5)cn4)c3)c2)nc(-c2cccc(-c3cccc(-c4ccc(-c5cccnc5)cn4)c3)c2)n1. The molecule has 0 aliphatic carbocycles. The van der Waals surface area contributed by atoms with E-state index < -0.39 is 0 Å². The van der Waals surface area contributed by atoms with E-state index in [2.05, 4.69) is 131 Å². The van der Waals surface area contributed by atoms with Crippen molar-refractivity contribution in [1.29, 1.82) is 0 Å². The molecule has 61 heavy (non-hydrogen) atoms. The first-order valence-electron chi connectivity index (χ1n) is 20.2. The lowest BCUT2D eigenvalue weighted by Crippen LogP contribution is -1.96. The van der Waals surface area contributed by atoms with E-state index in [0.29, 0.717) is 5.82 Å². The molecule has 9 rings (SSSR count). The van der Waals surface area contributed by atoms with Crippen LogP contribution in [0.2, 0.25) is 0 Å². The highest BCUT2D eigenvalue weighted by atomic mass is 14.9. The Kier molecular flexibility index (Phi) is 11.4. The quantitative estimate of drug-likeness (QED) is 0.122. The van der Waals surface area contributed by atoms with Gasteiger partial charge in [-0.25, -0.2) is 9.97 Å². The number of hydrogen-bond acceptors (Lipinski definition) is 6. The van der Waals surface area contributed by atoms with Crippen molar-refractivity contribution in [2.24, 2.45) is 0 Å². The summed E-state index contributed by atoms with van der Waals surface area (Å²) in [6.07, 6.45) is 23.1. The van der Waals surface area contributed by atoms with Crippen molar-refractivity contribution in [2.45, 2.75) is 6.92 Å². The third-order valence-corrected chi connectivity index (χ3v) is 10.3. The summed E-state index contributed by atoms with van der Waals surface area (Å²) in [6, 6.07) is 52.3. The minimum absolute atomic E-state index is 0.647. The zero-order valence-electron chi connectivity index (χ0n) is 33.5. The normalized spacial score (nSPS) is 11.5. The summed E-state index contributed by atoms with van der Waals surface area (Å²) in [7, 11) is 0. The van der Waals surface area contributed by atoms with Gasteiger partial charge in [-0.3, -0.25) is 19.9 Å². The minimum Gasteiger partial charge on any atom is -0.264 e. The zero-order valence-corrected chi connectivity index (χ0v) is 33.5. The van der Waals surface area contributed by atoms with Gasteiger partial charge in [-0.2, -0.15) is 0 Å². The maximum absolute atomic E-state index is 5.19. The molecule has 0 aliphatic heterocycles. The van der Waals surface area contributed by atoms with Gasteiger partial charge in [0.1, 0.15) is 0 Å².